The van der Waals surface area contributed by atoms with Crippen LogP contribution in [0.3, 0.4) is 0 Å². The highest BCUT2D eigenvalue weighted by Gasteiger charge is 2.46. The van der Waals surface area contributed by atoms with Crippen molar-refractivity contribution in [1.29, 1.82) is 0 Å². The lowest BCUT2D eigenvalue weighted by molar-refractivity contribution is -0.360. The Morgan fingerprint density at radius 1 is 1.29 bits per heavy atom. The van der Waals surface area contributed by atoms with E-state index in [9.17, 15) is 14.7 Å². The van der Waals surface area contributed by atoms with Crippen molar-refractivity contribution in [3.8, 4) is 0 Å². The summed E-state index contributed by atoms with van der Waals surface area (Å²) in [4.78, 5) is 21.7. The first-order chi connectivity index (χ1) is 6.48. The third kappa shape index (κ3) is 2.19. The second-order valence-electron chi connectivity index (χ2n) is 2.78. The molecule has 1 rings (SSSR count). The van der Waals surface area contributed by atoms with E-state index in [1.54, 1.807) is 0 Å². The van der Waals surface area contributed by atoms with Crippen molar-refractivity contribution in [2.75, 3.05) is 6.61 Å². The van der Waals surface area contributed by atoms with Crippen molar-refractivity contribution in [3.05, 3.63) is 0 Å². The zero-order valence-electron chi connectivity index (χ0n) is 7.17. The molecule has 0 aromatic rings. The van der Waals surface area contributed by atoms with E-state index in [-0.39, 0.29) is 12.8 Å². The van der Waals surface area contributed by atoms with Crippen LogP contribution in [0, 0.1) is 0 Å². The van der Waals surface area contributed by atoms with E-state index in [4.69, 9.17) is 10.2 Å². The predicted molar refractivity (Wildman–Crippen MR) is 39.5 cm³/mol. The van der Waals surface area contributed by atoms with Gasteiger partial charge in [-0.3, -0.25) is 9.59 Å². The van der Waals surface area contributed by atoms with Gasteiger partial charge >= 0.3 is 17.9 Å². The summed E-state index contributed by atoms with van der Waals surface area (Å²) in [6, 6.07) is 0. The van der Waals surface area contributed by atoms with Crippen LogP contribution < -0.4 is 0 Å². The summed E-state index contributed by atoms with van der Waals surface area (Å²) in [5.41, 5.74) is 0. The van der Waals surface area contributed by atoms with Gasteiger partial charge in [-0.2, -0.15) is 0 Å². The van der Waals surface area contributed by atoms with Crippen LogP contribution >= 0.6 is 0 Å². The third-order valence-corrected chi connectivity index (χ3v) is 1.65. The van der Waals surface area contributed by atoms with Crippen molar-refractivity contribution in [2.45, 2.75) is 24.9 Å². The predicted octanol–water partition coefficient (Wildman–Crippen LogP) is -2.13. The molecule has 7 heteroatoms. The van der Waals surface area contributed by atoms with Crippen LogP contribution in [0.1, 0.15) is 12.8 Å². The number of aliphatic hydroxyl groups excluding tert-OH is 2. The van der Waals surface area contributed by atoms with E-state index < -0.39 is 30.6 Å². The lowest BCUT2D eigenvalue weighted by Gasteiger charge is -2.27. The fraction of sp³-hybridized carbons (Fsp3) is 0.714. The molecule has 80 valence electrons. The number of ether oxygens (including phenoxy) is 2. The lowest BCUT2D eigenvalue weighted by Crippen LogP contribution is -2.50. The summed E-state index contributed by atoms with van der Waals surface area (Å²) in [6.07, 6.45) is -2.35. The van der Waals surface area contributed by atoms with Crippen molar-refractivity contribution in [3.63, 3.8) is 0 Å². The maximum atomic E-state index is 10.9. The van der Waals surface area contributed by atoms with Crippen molar-refractivity contribution in [2.24, 2.45) is 0 Å². The Morgan fingerprint density at radius 3 is 2.07 bits per heavy atom. The summed E-state index contributed by atoms with van der Waals surface area (Å²) in [7, 11) is 0. The molecule has 1 unspecified atom stereocenters. The van der Waals surface area contributed by atoms with E-state index in [1.807, 2.05) is 0 Å². The van der Waals surface area contributed by atoms with E-state index in [0.717, 1.165) is 0 Å². The monoisotopic (exact) mass is 206 g/mol. The first-order valence-electron chi connectivity index (χ1n) is 3.93. The van der Waals surface area contributed by atoms with Gasteiger partial charge in [0.1, 0.15) is 0 Å². The second kappa shape index (κ2) is 3.91. The molecule has 3 N–H and O–H groups in total. The smallest absolute Gasteiger partial charge is 0.396 e. The van der Waals surface area contributed by atoms with Gasteiger partial charge < -0.3 is 24.8 Å². The Balaban J connectivity index is 2.83. The van der Waals surface area contributed by atoms with Crippen LogP contribution in [0.25, 0.3) is 0 Å². The minimum absolute atomic E-state index is 0.237. The highest BCUT2D eigenvalue weighted by atomic mass is 16.9. The maximum Gasteiger partial charge on any atom is 0.403 e. The SMILES string of the molecule is O=C1CCC(=O)OC(O)(C(O)CO)O1. The lowest BCUT2D eigenvalue weighted by atomic mass is 10.3. The number of carbonyl (C=O) groups excluding carboxylic acids is 2. The number of rotatable bonds is 2. The van der Waals surface area contributed by atoms with Crippen LogP contribution in [0.15, 0.2) is 0 Å². The molecule has 0 radical (unpaired) electrons. The Hall–Kier alpha value is -1.18. The van der Waals surface area contributed by atoms with Crippen LogP contribution in [-0.2, 0) is 19.1 Å². The minimum Gasteiger partial charge on any atom is -0.396 e. The minimum atomic E-state index is -2.78. The molecule has 1 aliphatic heterocycles. The van der Waals surface area contributed by atoms with E-state index >= 15 is 0 Å². The number of cyclic esters (lactones) is 2. The molecule has 0 aromatic heterocycles. The fourth-order valence-electron chi connectivity index (χ4n) is 0.905. The first-order valence-corrected chi connectivity index (χ1v) is 3.93. The summed E-state index contributed by atoms with van der Waals surface area (Å²) < 4.78 is 8.57. The van der Waals surface area contributed by atoms with Gasteiger partial charge in [0.25, 0.3) is 0 Å². The average molecular weight is 206 g/mol. The van der Waals surface area contributed by atoms with E-state index in [1.165, 1.54) is 0 Å². The molecule has 1 atom stereocenters. The molecule has 7 nitrogen and oxygen atoms in total. The van der Waals surface area contributed by atoms with E-state index in [0.29, 0.717) is 0 Å². The van der Waals surface area contributed by atoms with Crippen molar-refractivity contribution < 1.29 is 34.4 Å². The van der Waals surface area contributed by atoms with Gasteiger partial charge in [0.15, 0.2) is 6.10 Å². The molecule has 0 amide bonds. The number of hydrogen-bond donors (Lipinski definition) is 3. The van der Waals surface area contributed by atoms with Crippen molar-refractivity contribution >= 4 is 11.9 Å². The second-order valence-corrected chi connectivity index (χ2v) is 2.78. The van der Waals surface area contributed by atoms with Gasteiger partial charge in [-0.05, 0) is 0 Å². The highest BCUT2D eigenvalue weighted by molar-refractivity contribution is 5.79. The van der Waals surface area contributed by atoms with Gasteiger partial charge in [-0.1, -0.05) is 0 Å². The zero-order valence-corrected chi connectivity index (χ0v) is 7.17. The molecule has 1 aliphatic rings. The molecule has 0 bridgehead atoms. The van der Waals surface area contributed by atoms with Gasteiger partial charge in [-0.25, -0.2) is 0 Å². The molecule has 0 aliphatic carbocycles. The largest absolute Gasteiger partial charge is 0.403 e. The standard InChI is InChI=1S/C7H10O7/c8-3-4(9)7(12)13-5(10)1-2-6(11)14-7/h4,8-9,12H,1-3H2. The molecule has 0 saturated carbocycles. The zero-order chi connectivity index (χ0) is 10.8. The normalized spacial score (nSPS) is 23.4. The quantitative estimate of drug-likeness (QED) is 0.442. The first kappa shape index (κ1) is 10.9. The number of esters is 2. The Morgan fingerprint density at radius 2 is 1.71 bits per heavy atom. The summed E-state index contributed by atoms with van der Waals surface area (Å²) >= 11 is 0. The number of carbonyl (C=O) groups is 2. The van der Waals surface area contributed by atoms with Crippen LogP contribution in [0.4, 0.5) is 0 Å². The molecule has 14 heavy (non-hydrogen) atoms. The Kier molecular flexibility index (Phi) is 3.04. The average Bonchev–Trinajstić information content (AvgIpc) is 2.24. The summed E-state index contributed by atoms with van der Waals surface area (Å²) in [6.45, 7) is -0.906. The third-order valence-electron chi connectivity index (χ3n) is 1.65. The molecule has 0 aromatic carbocycles. The molecular formula is C7H10O7. The van der Waals surface area contributed by atoms with E-state index in [2.05, 4.69) is 9.47 Å². The van der Waals surface area contributed by atoms with Gasteiger partial charge in [0.05, 0.1) is 19.4 Å². The topological polar surface area (TPSA) is 113 Å². The number of aliphatic hydroxyl groups is 3. The van der Waals surface area contributed by atoms with Crippen molar-refractivity contribution in [1.82, 2.24) is 0 Å². The molecule has 1 fully saturated rings. The summed E-state index contributed by atoms with van der Waals surface area (Å²) in [5, 5.41) is 26.9. The summed E-state index contributed by atoms with van der Waals surface area (Å²) in [5.74, 6) is -4.55. The maximum absolute atomic E-state index is 10.9. The molecular weight excluding hydrogens is 196 g/mol. The highest BCUT2D eigenvalue weighted by Crippen LogP contribution is 2.20. The fourth-order valence-corrected chi connectivity index (χ4v) is 0.905. The molecule has 0 spiro atoms. The van der Waals surface area contributed by atoms with Crippen LogP contribution in [0.2, 0.25) is 0 Å². The molecule has 1 saturated heterocycles. The number of hydrogen-bond acceptors (Lipinski definition) is 7. The Labute approximate surface area is 78.9 Å². The van der Waals surface area contributed by atoms with Gasteiger partial charge in [0.2, 0.25) is 0 Å². The van der Waals surface area contributed by atoms with Crippen LogP contribution in [-0.4, -0.2) is 45.9 Å². The molecule has 1 heterocycles. The van der Waals surface area contributed by atoms with Gasteiger partial charge in [-0.15, -0.1) is 0 Å². The van der Waals surface area contributed by atoms with Crippen LogP contribution in [0.5, 0.6) is 0 Å². The van der Waals surface area contributed by atoms with Gasteiger partial charge in [0, 0.05) is 0 Å². The Bertz CT molecular complexity index is 230.